The largest absolute Gasteiger partial charge is 0.494 e. The molecule has 0 bridgehead atoms. The van der Waals surface area contributed by atoms with Crippen LogP contribution in [0.1, 0.15) is 24.0 Å². The topological polar surface area (TPSA) is 100 Å². The van der Waals surface area contributed by atoms with Crippen LogP contribution in [0.15, 0.2) is 59.3 Å². The third-order valence-electron chi connectivity index (χ3n) is 8.39. The van der Waals surface area contributed by atoms with E-state index in [2.05, 4.69) is 30.8 Å². The summed E-state index contributed by atoms with van der Waals surface area (Å²) in [4.78, 5) is 37.5. The number of pyridine rings is 2. The van der Waals surface area contributed by atoms with Crippen molar-refractivity contribution in [3.8, 4) is 23.1 Å². The van der Waals surface area contributed by atoms with Gasteiger partial charge in [-0.1, -0.05) is 12.1 Å². The first-order valence-corrected chi connectivity index (χ1v) is 15.8. The lowest BCUT2D eigenvalue weighted by molar-refractivity contribution is -0.133. The van der Waals surface area contributed by atoms with Crippen LogP contribution in [0.25, 0.3) is 10.9 Å². The SMILES string of the molecule is COc1cc(CC(=O)C2(C(=O)Cc3ccc(Oc4ccnc5c(Br)c(OCCN6CCOCC6)ncc45)c(F)c3)CC2)ccc1F. The molecule has 2 aromatic heterocycles. The average Bonchev–Trinajstić information content (AvgIpc) is 3.88. The van der Waals surface area contributed by atoms with Crippen molar-refractivity contribution in [2.24, 2.45) is 5.41 Å². The van der Waals surface area contributed by atoms with Crippen molar-refractivity contribution in [3.63, 3.8) is 0 Å². The van der Waals surface area contributed by atoms with E-state index in [4.69, 9.17) is 18.9 Å². The van der Waals surface area contributed by atoms with Gasteiger partial charge in [-0.3, -0.25) is 19.5 Å². The summed E-state index contributed by atoms with van der Waals surface area (Å²) < 4.78 is 51.8. The number of fused-ring (bicyclic) bond motifs is 1. The maximum atomic E-state index is 15.3. The summed E-state index contributed by atoms with van der Waals surface area (Å²) in [6.45, 7) is 4.35. The number of carbonyl (C=O) groups is 2. The second kappa shape index (κ2) is 13.8. The lowest BCUT2D eigenvalue weighted by Crippen LogP contribution is -2.38. The zero-order valence-electron chi connectivity index (χ0n) is 25.2. The van der Waals surface area contributed by atoms with E-state index in [0.717, 1.165) is 19.6 Å². The highest BCUT2D eigenvalue weighted by Crippen LogP contribution is 2.49. The molecule has 0 atom stereocenters. The Morgan fingerprint density at radius 1 is 0.935 bits per heavy atom. The summed E-state index contributed by atoms with van der Waals surface area (Å²) >= 11 is 3.54. The van der Waals surface area contributed by atoms with Gasteiger partial charge in [0, 0.05) is 44.9 Å². The average molecular weight is 697 g/mol. The first kappa shape index (κ1) is 32.0. The zero-order valence-corrected chi connectivity index (χ0v) is 26.8. The standard InChI is InChI=1S/C34H32BrF2N3O6/c1-43-28-17-22(2-4-24(28)36)19-30(42)34(7-8-34)29(41)18-21-3-5-27(25(37)16-21)46-26-6-9-38-32-23(26)20-39-33(31(32)35)45-15-12-40-10-13-44-14-11-40/h2-6,9,16-17,20H,7-8,10-15,18-19H2,1H3. The van der Waals surface area contributed by atoms with Gasteiger partial charge < -0.3 is 18.9 Å². The number of morpholine rings is 1. The summed E-state index contributed by atoms with van der Waals surface area (Å²) in [5, 5.41) is 0.557. The lowest BCUT2D eigenvalue weighted by Gasteiger charge is -2.26. The van der Waals surface area contributed by atoms with Gasteiger partial charge in [-0.25, -0.2) is 13.8 Å². The number of benzene rings is 2. The fraction of sp³-hybridized carbons (Fsp3) is 0.353. The molecule has 0 amide bonds. The number of nitrogens with zero attached hydrogens (tertiary/aromatic N) is 3. The molecule has 2 aliphatic rings. The first-order valence-electron chi connectivity index (χ1n) is 15.0. The third-order valence-corrected chi connectivity index (χ3v) is 9.10. The molecule has 1 aliphatic carbocycles. The molecule has 1 saturated carbocycles. The molecule has 12 heteroatoms. The Balaban J connectivity index is 1.10. The molecule has 0 N–H and O–H groups in total. The van der Waals surface area contributed by atoms with Gasteiger partial charge in [-0.2, -0.15) is 0 Å². The number of hydrogen-bond acceptors (Lipinski definition) is 9. The van der Waals surface area contributed by atoms with E-state index >= 15 is 4.39 Å². The van der Waals surface area contributed by atoms with E-state index in [1.54, 1.807) is 24.5 Å². The smallest absolute Gasteiger partial charge is 0.230 e. The highest BCUT2D eigenvalue weighted by molar-refractivity contribution is 9.10. The number of ketones is 2. The minimum absolute atomic E-state index is 0.0174. The normalized spacial score (nSPS) is 15.8. The van der Waals surface area contributed by atoms with Gasteiger partial charge in [0.05, 0.1) is 36.6 Å². The van der Waals surface area contributed by atoms with Gasteiger partial charge in [-0.15, -0.1) is 0 Å². The van der Waals surface area contributed by atoms with E-state index in [1.165, 1.54) is 37.4 Å². The van der Waals surface area contributed by atoms with Crippen LogP contribution in [0.5, 0.6) is 23.1 Å². The summed E-state index contributed by atoms with van der Waals surface area (Å²) in [6.07, 6.45) is 3.89. The van der Waals surface area contributed by atoms with Crippen molar-refractivity contribution < 1.29 is 37.3 Å². The Kier molecular flexibility index (Phi) is 9.57. The number of ether oxygens (including phenoxy) is 4. The van der Waals surface area contributed by atoms with E-state index < -0.39 is 17.0 Å². The number of Topliss-reactive ketones (excluding diaryl/α,β-unsaturated/α-hetero) is 2. The van der Waals surface area contributed by atoms with Crippen molar-refractivity contribution in [2.45, 2.75) is 25.7 Å². The summed E-state index contributed by atoms with van der Waals surface area (Å²) in [6, 6.07) is 10.1. The monoisotopic (exact) mass is 695 g/mol. The Hall–Kier alpha value is -4.00. The maximum Gasteiger partial charge on any atom is 0.230 e. The van der Waals surface area contributed by atoms with E-state index in [9.17, 15) is 14.0 Å². The van der Waals surface area contributed by atoms with Crippen LogP contribution in [0.4, 0.5) is 8.78 Å². The Bertz CT molecular complexity index is 1780. The van der Waals surface area contributed by atoms with E-state index in [0.29, 0.717) is 70.8 Å². The number of carbonyl (C=O) groups excluding carboxylic acids is 2. The molecule has 0 unspecified atom stereocenters. The molecule has 4 aromatic rings. The van der Waals surface area contributed by atoms with E-state index in [1.807, 2.05) is 0 Å². The maximum absolute atomic E-state index is 15.3. The Morgan fingerprint density at radius 2 is 1.65 bits per heavy atom. The zero-order chi connectivity index (χ0) is 32.3. The molecule has 240 valence electrons. The van der Waals surface area contributed by atoms with Crippen molar-refractivity contribution >= 4 is 38.4 Å². The van der Waals surface area contributed by atoms with Crippen molar-refractivity contribution in [2.75, 3.05) is 46.6 Å². The highest BCUT2D eigenvalue weighted by Gasteiger charge is 2.54. The highest BCUT2D eigenvalue weighted by atomic mass is 79.9. The van der Waals surface area contributed by atoms with E-state index in [-0.39, 0.29) is 35.9 Å². The fourth-order valence-corrected chi connectivity index (χ4v) is 6.07. The van der Waals surface area contributed by atoms with Crippen LogP contribution >= 0.6 is 15.9 Å². The quantitative estimate of drug-likeness (QED) is 0.159. The minimum atomic E-state index is -1.10. The summed E-state index contributed by atoms with van der Waals surface area (Å²) in [5.41, 5.74) is 0.442. The van der Waals surface area contributed by atoms with Crippen LogP contribution in [-0.2, 0) is 27.2 Å². The molecule has 2 fully saturated rings. The van der Waals surface area contributed by atoms with Gasteiger partial charge in [0.1, 0.15) is 16.8 Å². The van der Waals surface area contributed by atoms with Crippen LogP contribution < -0.4 is 14.2 Å². The predicted octanol–water partition coefficient (Wildman–Crippen LogP) is 5.89. The molecule has 2 aromatic carbocycles. The van der Waals surface area contributed by atoms with Crippen LogP contribution in [0.2, 0.25) is 0 Å². The van der Waals surface area contributed by atoms with Crippen LogP contribution in [0, 0.1) is 17.0 Å². The summed E-state index contributed by atoms with van der Waals surface area (Å²) in [5.74, 6) is -0.929. The van der Waals surface area contributed by atoms with Gasteiger partial charge in [0.15, 0.2) is 34.7 Å². The van der Waals surface area contributed by atoms with Crippen LogP contribution in [-0.4, -0.2) is 73.0 Å². The number of halogens is 3. The molecular formula is C34H32BrF2N3O6. The number of methoxy groups -OCH3 is 1. The molecule has 0 radical (unpaired) electrons. The fourth-order valence-electron chi connectivity index (χ4n) is 5.54. The minimum Gasteiger partial charge on any atom is -0.494 e. The molecule has 0 spiro atoms. The lowest BCUT2D eigenvalue weighted by atomic mass is 9.88. The van der Waals surface area contributed by atoms with Crippen molar-refractivity contribution in [3.05, 3.63) is 82.1 Å². The molecular weight excluding hydrogens is 664 g/mol. The van der Waals surface area contributed by atoms with Crippen molar-refractivity contribution in [1.29, 1.82) is 0 Å². The molecule has 46 heavy (non-hydrogen) atoms. The van der Waals surface area contributed by atoms with Gasteiger partial charge >= 0.3 is 0 Å². The number of rotatable bonds is 13. The third kappa shape index (κ3) is 6.89. The number of aromatic nitrogens is 2. The second-order valence-electron chi connectivity index (χ2n) is 11.4. The molecule has 3 heterocycles. The Morgan fingerprint density at radius 3 is 2.35 bits per heavy atom. The summed E-state index contributed by atoms with van der Waals surface area (Å²) in [7, 11) is 1.35. The predicted molar refractivity (Wildman–Crippen MR) is 169 cm³/mol. The molecule has 1 saturated heterocycles. The number of hydrogen-bond donors (Lipinski definition) is 0. The first-order chi connectivity index (χ1) is 22.3. The second-order valence-corrected chi connectivity index (χ2v) is 12.2. The van der Waals surface area contributed by atoms with Crippen LogP contribution in [0.3, 0.4) is 0 Å². The van der Waals surface area contributed by atoms with Gasteiger partial charge in [-0.05, 0) is 70.2 Å². The molecule has 1 aliphatic heterocycles. The molecule has 9 nitrogen and oxygen atoms in total. The Labute approximate surface area is 272 Å². The van der Waals surface area contributed by atoms with Crippen molar-refractivity contribution in [1.82, 2.24) is 14.9 Å². The van der Waals surface area contributed by atoms with Gasteiger partial charge in [0.25, 0.3) is 0 Å². The molecule has 6 rings (SSSR count). The van der Waals surface area contributed by atoms with Gasteiger partial charge in [0.2, 0.25) is 5.88 Å².